The van der Waals surface area contributed by atoms with Crippen LogP contribution in [0.3, 0.4) is 0 Å². The molecule has 0 bridgehead atoms. The molecule has 3 aromatic heterocycles. The number of nitrogens with zero attached hydrogens (tertiary/aromatic N) is 4. The molecule has 0 saturated carbocycles. The lowest BCUT2D eigenvalue weighted by atomic mass is 9.67. The minimum absolute atomic E-state index is 0.392. The standard InChI is InChI=1S/C101H64N4/c1-61-40-51-76-73-28-11-18-36-88(73)101(90(76)54-61)89-37-19-12-30-75(89)77-52-49-68(57-91(77)101)70-55-83(69-50-53-78-74-29-10-17-35-87(74)100(92(78)58-69)85-33-15-8-26-71(85)72-27-9-16-34-86(72)100)98-84(56-70)97(66-45-41-64(42-46-66)95-59-81(62-22-4-2-5-23-62)79-31-13-20-38-93(79)102-95)104-99(105-98)67-47-43-65(44-48-67)96-60-82(63-24-6-3-7-25-63)80-32-14-21-39-94(80)103-96/h2-53,55-61H,54H2,1H3. The second-order valence-corrected chi connectivity index (χ2v) is 29.0. The highest BCUT2D eigenvalue weighted by molar-refractivity contribution is 6.07. The van der Waals surface area contributed by atoms with Crippen LogP contribution < -0.4 is 0 Å². The van der Waals surface area contributed by atoms with Crippen LogP contribution in [0.5, 0.6) is 0 Å². The highest BCUT2D eigenvalue weighted by Crippen LogP contribution is 2.66. The Morgan fingerprint density at radius 3 is 1.24 bits per heavy atom. The van der Waals surface area contributed by atoms with E-state index in [1.54, 1.807) is 0 Å². The predicted octanol–water partition coefficient (Wildman–Crippen LogP) is 25.1. The summed E-state index contributed by atoms with van der Waals surface area (Å²) in [6.45, 7) is 2.37. The van der Waals surface area contributed by atoms with Crippen LogP contribution >= 0.6 is 0 Å². The molecule has 22 rings (SSSR count). The Morgan fingerprint density at radius 2 is 0.686 bits per heavy atom. The van der Waals surface area contributed by atoms with Gasteiger partial charge in [0.05, 0.1) is 44.5 Å². The summed E-state index contributed by atoms with van der Waals surface area (Å²) < 4.78 is 0. The first kappa shape index (κ1) is 59.4. The summed E-state index contributed by atoms with van der Waals surface area (Å²) in [6.07, 6.45) is 5.80. The van der Waals surface area contributed by atoms with Crippen LogP contribution in [0.2, 0.25) is 0 Å². The van der Waals surface area contributed by atoms with Crippen molar-refractivity contribution >= 4 is 38.3 Å². The van der Waals surface area contributed by atoms with Crippen molar-refractivity contribution in [3.8, 4) is 123 Å². The first-order valence-electron chi connectivity index (χ1n) is 36.6. The fourth-order valence-corrected chi connectivity index (χ4v) is 18.9. The van der Waals surface area contributed by atoms with E-state index < -0.39 is 10.8 Å². The van der Waals surface area contributed by atoms with Crippen LogP contribution in [-0.2, 0) is 10.8 Å². The Balaban J connectivity index is 0.795. The molecule has 2 atom stereocenters. The lowest BCUT2D eigenvalue weighted by molar-refractivity contribution is 0.630. The Kier molecular flexibility index (Phi) is 12.9. The van der Waals surface area contributed by atoms with Gasteiger partial charge in [0.15, 0.2) is 5.82 Å². The van der Waals surface area contributed by atoms with E-state index in [0.717, 1.165) is 123 Å². The van der Waals surface area contributed by atoms with Crippen LogP contribution in [0.25, 0.3) is 161 Å². The van der Waals surface area contributed by atoms with Crippen molar-refractivity contribution < 1.29 is 0 Å². The highest BCUT2D eigenvalue weighted by atomic mass is 14.9. The molecule has 4 nitrogen and oxygen atoms in total. The van der Waals surface area contributed by atoms with Crippen molar-refractivity contribution in [3.63, 3.8) is 0 Å². The predicted molar refractivity (Wildman–Crippen MR) is 432 cm³/mol. The molecule has 2 spiro atoms. The van der Waals surface area contributed by atoms with Gasteiger partial charge < -0.3 is 0 Å². The smallest absolute Gasteiger partial charge is 0.160 e. The lowest BCUT2D eigenvalue weighted by Crippen LogP contribution is -2.28. The topological polar surface area (TPSA) is 51.6 Å². The molecular weight excluding hydrogens is 1270 g/mol. The molecule has 17 aromatic rings. The van der Waals surface area contributed by atoms with Crippen molar-refractivity contribution in [2.75, 3.05) is 0 Å². The van der Waals surface area contributed by atoms with E-state index in [4.69, 9.17) is 19.9 Å². The number of para-hydroxylation sites is 2. The monoisotopic (exact) mass is 1330 g/mol. The number of rotatable bonds is 8. The molecule has 2 unspecified atom stereocenters. The molecule has 0 aliphatic heterocycles. The summed E-state index contributed by atoms with van der Waals surface area (Å²) in [6, 6.07) is 126. The molecular formula is C101H64N4. The molecule has 0 amide bonds. The van der Waals surface area contributed by atoms with Gasteiger partial charge in [0.2, 0.25) is 0 Å². The van der Waals surface area contributed by atoms with E-state index in [1.165, 1.54) is 89.0 Å². The van der Waals surface area contributed by atoms with E-state index in [0.29, 0.717) is 11.7 Å². The van der Waals surface area contributed by atoms with Gasteiger partial charge in [-0.2, -0.15) is 0 Å². The third-order valence-corrected chi connectivity index (χ3v) is 23.5. The third kappa shape index (κ3) is 8.69. The summed E-state index contributed by atoms with van der Waals surface area (Å²) >= 11 is 0. The second kappa shape index (κ2) is 22.9. The van der Waals surface area contributed by atoms with Crippen molar-refractivity contribution in [1.82, 2.24) is 19.9 Å². The quantitative estimate of drug-likeness (QED) is 0.152. The molecule has 5 aliphatic carbocycles. The number of aromatic nitrogens is 4. The summed E-state index contributed by atoms with van der Waals surface area (Å²) in [5.74, 6) is 1.02. The van der Waals surface area contributed by atoms with Gasteiger partial charge in [0.25, 0.3) is 0 Å². The maximum atomic E-state index is 5.94. The second-order valence-electron chi connectivity index (χ2n) is 29.0. The summed E-state index contributed by atoms with van der Waals surface area (Å²) in [5, 5.41) is 3.19. The molecule has 105 heavy (non-hydrogen) atoms. The Hall–Kier alpha value is -13.3. The van der Waals surface area contributed by atoms with Crippen molar-refractivity contribution in [2.24, 2.45) is 5.92 Å². The fourth-order valence-electron chi connectivity index (χ4n) is 18.9. The molecule has 0 N–H and O–H groups in total. The van der Waals surface area contributed by atoms with Crippen LogP contribution in [-0.4, -0.2) is 19.9 Å². The normalized spacial score (nSPS) is 15.8. The maximum Gasteiger partial charge on any atom is 0.160 e. The number of fused-ring (bicyclic) bond motifs is 22. The molecule has 0 fully saturated rings. The van der Waals surface area contributed by atoms with Gasteiger partial charge in [-0.1, -0.05) is 310 Å². The Morgan fingerprint density at radius 1 is 0.267 bits per heavy atom. The lowest BCUT2D eigenvalue weighted by Gasteiger charge is -2.34. The van der Waals surface area contributed by atoms with Gasteiger partial charge in [-0.05, 0) is 189 Å². The van der Waals surface area contributed by atoms with E-state index in [2.05, 4.69) is 359 Å². The minimum atomic E-state index is -0.568. The summed E-state index contributed by atoms with van der Waals surface area (Å²) in [5.41, 5.74) is 38.2. The van der Waals surface area contributed by atoms with Crippen LogP contribution in [0.1, 0.15) is 57.9 Å². The van der Waals surface area contributed by atoms with Crippen molar-refractivity contribution in [3.05, 3.63) is 402 Å². The zero-order valence-electron chi connectivity index (χ0n) is 57.6. The molecule has 4 heteroatoms. The number of allylic oxidation sites excluding steroid dienone is 4. The van der Waals surface area contributed by atoms with Gasteiger partial charge in [-0.3, -0.25) is 0 Å². The Bertz CT molecular complexity index is 6560. The van der Waals surface area contributed by atoms with E-state index >= 15 is 0 Å². The average Bonchev–Trinajstić information content (AvgIpc) is 1.51. The number of hydrogen-bond acceptors (Lipinski definition) is 4. The molecule has 0 radical (unpaired) electrons. The third-order valence-electron chi connectivity index (χ3n) is 23.5. The average molecular weight is 1330 g/mol. The zero-order chi connectivity index (χ0) is 69.1. The maximum absolute atomic E-state index is 5.94. The number of benzene rings is 14. The van der Waals surface area contributed by atoms with E-state index in [-0.39, 0.29) is 0 Å². The summed E-state index contributed by atoms with van der Waals surface area (Å²) in [4.78, 5) is 22.4. The van der Waals surface area contributed by atoms with Gasteiger partial charge in [0.1, 0.15) is 0 Å². The van der Waals surface area contributed by atoms with Gasteiger partial charge in [-0.15, -0.1) is 0 Å². The van der Waals surface area contributed by atoms with Crippen molar-refractivity contribution in [1.29, 1.82) is 0 Å². The SMILES string of the molecule is CC1C=CC2=C(C1)C1(c3ccccc32)c2ccccc2-c2ccc(-c3cc(-c4ccc5c(c4)C4(c6ccccc6-c6ccccc64)c4ccccc4-5)c4nc(-c5ccc(-c6cc(-c7ccccc7)c7ccccc7n6)cc5)nc(-c5ccc(-c6cc(-c7ccccc7)c7ccccc7n6)cc5)c4c3)cc21. The van der Waals surface area contributed by atoms with E-state index in [1.807, 2.05) is 0 Å². The molecule has 0 saturated heterocycles. The van der Waals surface area contributed by atoms with Crippen LogP contribution in [0.4, 0.5) is 0 Å². The molecule has 3 heterocycles. The molecule has 5 aliphatic rings. The minimum Gasteiger partial charge on any atom is -0.248 e. The largest absolute Gasteiger partial charge is 0.248 e. The number of pyridine rings is 2. The molecule has 14 aromatic carbocycles. The van der Waals surface area contributed by atoms with Gasteiger partial charge in [-0.25, -0.2) is 19.9 Å². The number of hydrogen-bond donors (Lipinski definition) is 0. The summed E-state index contributed by atoms with van der Waals surface area (Å²) in [7, 11) is 0. The fraction of sp³-hybridized carbons (Fsp3) is 0.0495. The first-order valence-corrected chi connectivity index (χ1v) is 36.6. The Labute approximate surface area is 609 Å². The zero-order valence-corrected chi connectivity index (χ0v) is 57.6. The molecule has 488 valence electrons. The van der Waals surface area contributed by atoms with Crippen LogP contribution in [0.15, 0.2) is 357 Å². The van der Waals surface area contributed by atoms with Gasteiger partial charge >= 0.3 is 0 Å². The first-order chi connectivity index (χ1) is 51.9. The van der Waals surface area contributed by atoms with Crippen LogP contribution in [0, 0.1) is 5.92 Å². The van der Waals surface area contributed by atoms with Gasteiger partial charge in [0, 0.05) is 44.0 Å². The van der Waals surface area contributed by atoms with E-state index in [9.17, 15) is 0 Å². The van der Waals surface area contributed by atoms with Crippen molar-refractivity contribution in [2.45, 2.75) is 24.2 Å². The highest BCUT2D eigenvalue weighted by Gasteiger charge is 2.54.